The van der Waals surface area contributed by atoms with E-state index < -0.39 is 0 Å². The molecule has 0 saturated heterocycles. The van der Waals surface area contributed by atoms with Crippen molar-refractivity contribution in [2.24, 2.45) is 11.8 Å². The minimum Gasteiger partial charge on any atom is -0.454 e. The summed E-state index contributed by atoms with van der Waals surface area (Å²) in [5.41, 5.74) is 0. The Morgan fingerprint density at radius 1 is 1.38 bits per heavy atom. The van der Waals surface area contributed by atoms with Crippen LogP contribution in [0.5, 0.6) is 0 Å². The smallest absolute Gasteiger partial charge is 0.164 e. The predicted molar refractivity (Wildman–Crippen MR) is 74.3 cm³/mol. The number of furan rings is 1. The first-order chi connectivity index (χ1) is 7.75. The average Bonchev–Trinajstić information content (AvgIpc) is 2.67. The molecule has 2 unspecified atom stereocenters. The number of hydrogen-bond donors (Lipinski definition) is 1. The molecule has 1 fully saturated rings. The van der Waals surface area contributed by atoms with Crippen LogP contribution in [0.3, 0.4) is 0 Å². The van der Waals surface area contributed by atoms with Crippen molar-refractivity contribution in [3.05, 3.63) is 21.7 Å². The molecule has 16 heavy (non-hydrogen) atoms. The summed E-state index contributed by atoms with van der Waals surface area (Å²) in [7, 11) is 0. The molecule has 0 amide bonds. The molecule has 1 heterocycles. The van der Waals surface area contributed by atoms with Crippen LogP contribution in [0.2, 0.25) is 0 Å². The van der Waals surface area contributed by atoms with Crippen molar-refractivity contribution < 1.29 is 4.42 Å². The fraction of sp³-hybridized carbons (Fsp3) is 0.692. The summed E-state index contributed by atoms with van der Waals surface area (Å²) >= 11 is 2.20. The first-order valence-corrected chi connectivity index (χ1v) is 7.28. The van der Waals surface area contributed by atoms with Gasteiger partial charge >= 0.3 is 0 Å². The molecule has 0 radical (unpaired) electrons. The van der Waals surface area contributed by atoms with E-state index in [1.54, 1.807) is 0 Å². The molecule has 1 aromatic rings. The SMILES string of the molecule is CC1CCCCC1CNCc1ccc(I)o1. The predicted octanol–water partition coefficient (Wildman–Crippen LogP) is 3.80. The minimum atomic E-state index is 0.864. The number of rotatable bonds is 4. The van der Waals surface area contributed by atoms with E-state index >= 15 is 0 Å². The molecule has 0 aliphatic heterocycles. The third kappa shape index (κ3) is 3.48. The first kappa shape index (κ1) is 12.4. The molecule has 1 aromatic heterocycles. The number of halogens is 1. The van der Waals surface area contributed by atoms with Crippen molar-refractivity contribution in [3.63, 3.8) is 0 Å². The highest BCUT2D eigenvalue weighted by atomic mass is 127. The minimum absolute atomic E-state index is 0.864. The van der Waals surface area contributed by atoms with Crippen molar-refractivity contribution >= 4 is 22.6 Å². The molecule has 0 aromatic carbocycles. The Bertz CT molecular complexity index is 323. The van der Waals surface area contributed by atoms with E-state index in [4.69, 9.17) is 4.42 Å². The molecule has 0 bridgehead atoms. The summed E-state index contributed by atoms with van der Waals surface area (Å²) in [4.78, 5) is 0. The topological polar surface area (TPSA) is 25.2 Å². The van der Waals surface area contributed by atoms with Gasteiger partial charge < -0.3 is 9.73 Å². The molecule has 2 rings (SSSR count). The zero-order valence-corrected chi connectivity index (χ0v) is 12.0. The molecule has 1 saturated carbocycles. The summed E-state index contributed by atoms with van der Waals surface area (Å²) in [5, 5.41) is 3.52. The summed E-state index contributed by atoms with van der Waals surface area (Å²) in [6.07, 6.45) is 5.64. The zero-order valence-electron chi connectivity index (χ0n) is 9.84. The maximum atomic E-state index is 5.52. The van der Waals surface area contributed by atoms with Gasteiger partial charge in [-0.3, -0.25) is 0 Å². The highest BCUT2D eigenvalue weighted by molar-refractivity contribution is 14.1. The number of nitrogens with one attached hydrogen (secondary N) is 1. The van der Waals surface area contributed by atoms with E-state index in [0.29, 0.717) is 0 Å². The molecule has 1 aliphatic rings. The Labute approximate surface area is 111 Å². The number of hydrogen-bond acceptors (Lipinski definition) is 2. The third-order valence-corrected chi connectivity index (χ3v) is 4.20. The Kier molecular flexibility index (Phi) is 4.70. The molecular weight excluding hydrogens is 313 g/mol. The van der Waals surface area contributed by atoms with Gasteiger partial charge in [-0.15, -0.1) is 0 Å². The summed E-state index contributed by atoms with van der Waals surface area (Å²) < 4.78 is 6.50. The van der Waals surface area contributed by atoms with Gasteiger partial charge in [-0.05, 0) is 59.5 Å². The Morgan fingerprint density at radius 3 is 2.88 bits per heavy atom. The largest absolute Gasteiger partial charge is 0.454 e. The van der Waals surface area contributed by atoms with E-state index in [1.807, 2.05) is 6.07 Å². The highest BCUT2D eigenvalue weighted by Crippen LogP contribution is 2.28. The van der Waals surface area contributed by atoms with Crippen molar-refractivity contribution in [1.82, 2.24) is 5.32 Å². The van der Waals surface area contributed by atoms with E-state index in [9.17, 15) is 0 Å². The molecule has 90 valence electrons. The second-order valence-electron chi connectivity index (χ2n) is 4.86. The van der Waals surface area contributed by atoms with Crippen LogP contribution in [0, 0.1) is 15.6 Å². The fourth-order valence-electron chi connectivity index (χ4n) is 2.52. The molecule has 3 heteroatoms. The molecule has 1 aliphatic carbocycles. The van der Waals surface area contributed by atoms with Gasteiger partial charge in [0, 0.05) is 0 Å². The van der Waals surface area contributed by atoms with Crippen LogP contribution in [0.1, 0.15) is 38.4 Å². The maximum absolute atomic E-state index is 5.52. The summed E-state index contributed by atoms with van der Waals surface area (Å²) in [5.74, 6) is 2.80. The summed E-state index contributed by atoms with van der Waals surface area (Å²) in [6.45, 7) is 4.39. The quantitative estimate of drug-likeness (QED) is 0.848. The molecular formula is C13H20INO. The lowest BCUT2D eigenvalue weighted by atomic mass is 9.80. The van der Waals surface area contributed by atoms with Gasteiger partial charge in [-0.1, -0.05) is 26.2 Å². The fourth-order valence-corrected chi connectivity index (χ4v) is 2.99. The van der Waals surface area contributed by atoms with Crippen LogP contribution in [0.15, 0.2) is 16.5 Å². The van der Waals surface area contributed by atoms with E-state index in [1.165, 1.54) is 25.7 Å². The monoisotopic (exact) mass is 333 g/mol. The lowest BCUT2D eigenvalue weighted by Crippen LogP contribution is -2.28. The first-order valence-electron chi connectivity index (χ1n) is 6.20. The standard InChI is InChI=1S/C13H20INO/c1-10-4-2-3-5-11(10)8-15-9-12-6-7-13(14)16-12/h6-7,10-11,15H,2-5,8-9H2,1H3. The molecule has 2 nitrogen and oxygen atoms in total. The van der Waals surface area contributed by atoms with Crippen molar-refractivity contribution in [3.8, 4) is 0 Å². The van der Waals surface area contributed by atoms with Crippen LogP contribution < -0.4 is 5.32 Å². The van der Waals surface area contributed by atoms with Crippen molar-refractivity contribution in [1.29, 1.82) is 0 Å². The van der Waals surface area contributed by atoms with Crippen LogP contribution in [0.4, 0.5) is 0 Å². The Balaban J connectivity index is 1.71. The highest BCUT2D eigenvalue weighted by Gasteiger charge is 2.20. The molecule has 1 N–H and O–H groups in total. The van der Waals surface area contributed by atoms with Gasteiger partial charge in [0.15, 0.2) is 3.77 Å². The van der Waals surface area contributed by atoms with E-state index in [2.05, 4.69) is 40.9 Å². The maximum Gasteiger partial charge on any atom is 0.164 e. The third-order valence-electron chi connectivity index (χ3n) is 3.62. The Morgan fingerprint density at radius 2 is 2.19 bits per heavy atom. The van der Waals surface area contributed by atoms with Gasteiger partial charge in [0.2, 0.25) is 0 Å². The second kappa shape index (κ2) is 6.05. The average molecular weight is 333 g/mol. The molecule has 2 atom stereocenters. The van der Waals surface area contributed by atoms with Crippen LogP contribution in [-0.4, -0.2) is 6.54 Å². The zero-order chi connectivity index (χ0) is 11.4. The van der Waals surface area contributed by atoms with Gasteiger partial charge in [0.1, 0.15) is 5.76 Å². The van der Waals surface area contributed by atoms with Crippen LogP contribution in [-0.2, 0) is 6.54 Å². The summed E-state index contributed by atoms with van der Waals surface area (Å²) in [6, 6.07) is 4.07. The lowest BCUT2D eigenvalue weighted by molar-refractivity contribution is 0.245. The lowest BCUT2D eigenvalue weighted by Gasteiger charge is -2.28. The van der Waals surface area contributed by atoms with E-state index in [-0.39, 0.29) is 0 Å². The normalized spacial score (nSPS) is 25.9. The Hall–Kier alpha value is -0.0300. The van der Waals surface area contributed by atoms with E-state index in [0.717, 1.165) is 34.5 Å². The second-order valence-corrected chi connectivity index (χ2v) is 5.92. The van der Waals surface area contributed by atoms with Gasteiger partial charge in [-0.25, -0.2) is 0 Å². The van der Waals surface area contributed by atoms with Gasteiger partial charge in [0.25, 0.3) is 0 Å². The van der Waals surface area contributed by atoms with Crippen molar-refractivity contribution in [2.75, 3.05) is 6.54 Å². The molecule has 0 spiro atoms. The van der Waals surface area contributed by atoms with Gasteiger partial charge in [-0.2, -0.15) is 0 Å². The van der Waals surface area contributed by atoms with Crippen LogP contribution >= 0.6 is 22.6 Å². The van der Waals surface area contributed by atoms with Crippen LogP contribution in [0.25, 0.3) is 0 Å². The van der Waals surface area contributed by atoms with Gasteiger partial charge in [0.05, 0.1) is 6.54 Å². The van der Waals surface area contributed by atoms with Crippen molar-refractivity contribution in [2.45, 2.75) is 39.2 Å².